The molecule has 0 bridgehead atoms. The Morgan fingerprint density at radius 1 is 1.24 bits per heavy atom. The standard InChI is InChI=1S/C16H22ClNO2S/c17-13-8-6-12(7-9-13)10-21-11-16(20)18-14-4-2-1-3-5-15(14)19/h6-9,14-15,19H,1-5,10-11H2,(H,18,20). The molecule has 0 spiro atoms. The molecule has 1 aliphatic rings. The lowest BCUT2D eigenvalue weighted by molar-refractivity contribution is -0.120. The van der Waals surface area contributed by atoms with Gasteiger partial charge in [-0.2, -0.15) is 0 Å². The molecule has 116 valence electrons. The number of hydrogen-bond donors (Lipinski definition) is 2. The van der Waals surface area contributed by atoms with Crippen molar-refractivity contribution in [2.24, 2.45) is 0 Å². The van der Waals surface area contributed by atoms with E-state index in [1.807, 2.05) is 24.3 Å². The summed E-state index contributed by atoms with van der Waals surface area (Å²) in [6, 6.07) is 7.60. The molecule has 1 aliphatic carbocycles. The van der Waals surface area contributed by atoms with Crippen molar-refractivity contribution in [1.82, 2.24) is 5.32 Å². The van der Waals surface area contributed by atoms with E-state index in [1.165, 1.54) is 0 Å². The lowest BCUT2D eigenvalue weighted by Crippen LogP contribution is -2.43. The minimum absolute atomic E-state index is 0.0138. The summed E-state index contributed by atoms with van der Waals surface area (Å²) in [6.07, 6.45) is 4.57. The fraction of sp³-hybridized carbons (Fsp3) is 0.562. The summed E-state index contributed by atoms with van der Waals surface area (Å²) in [5.41, 5.74) is 1.16. The molecule has 1 saturated carbocycles. The number of halogens is 1. The molecule has 2 rings (SSSR count). The van der Waals surface area contributed by atoms with Gasteiger partial charge in [-0.3, -0.25) is 4.79 Å². The molecule has 2 N–H and O–H groups in total. The number of rotatable bonds is 5. The van der Waals surface area contributed by atoms with E-state index in [0.29, 0.717) is 5.75 Å². The number of benzene rings is 1. The van der Waals surface area contributed by atoms with E-state index in [-0.39, 0.29) is 11.9 Å². The summed E-state index contributed by atoms with van der Waals surface area (Å²) in [5.74, 6) is 1.23. The van der Waals surface area contributed by atoms with Crippen molar-refractivity contribution >= 4 is 29.3 Å². The van der Waals surface area contributed by atoms with Crippen molar-refractivity contribution in [2.75, 3.05) is 5.75 Å². The molecule has 0 heterocycles. The van der Waals surface area contributed by atoms with E-state index < -0.39 is 6.10 Å². The molecular formula is C16H22ClNO2S. The van der Waals surface area contributed by atoms with Crippen LogP contribution < -0.4 is 5.32 Å². The maximum atomic E-state index is 11.9. The van der Waals surface area contributed by atoms with Gasteiger partial charge in [0, 0.05) is 10.8 Å². The summed E-state index contributed by atoms with van der Waals surface area (Å²) in [6.45, 7) is 0. The topological polar surface area (TPSA) is 49.3 Å². The average molecular weight is 328 g/mol. The molecule has 5 heteroatoms. The average Bonchev–Trinajstić information content (AvgIpc) is 2.66. The predicted octanol–water partition coefficient (Wildman–Crippen LogP) is 3.38. The van der Waals surface area contributed by atoms with Gasteiger partial charge in [-0.15, -0.1) is 11.8 Å². The Morgan fingerprint density at radius 2 is 1.95 bits per heavy atom. The van der Waals surface area contributed by atoms with Gasteiger partial charge < -0.3 is 10.4 Å². The number of carbonyl (C=O) groups is 1. The highest BCUT2D eigenvalue weighted by Crippen LogP contribution is 2.19. The Kier molecular flexibility index (Phi) is 6.87. The summed E-state index contributed by atoms with van der Waals surface area (Å²) < 4.78 is 0. The van der Waals surface area contributed by atoms with Gasteiger partial charge in [0.15, 0.2) is 0 Å². The first-order valence-electron chi connectivity index (χ1n) is 7.45. The van der Waals surface area contributed by atoms with Crippen molar-refractivity contribution in [1.29, 1.82) is 0 Å². The zero-order valence-corrected chi connectivity index (χ0v) is 13.6. The summed E-state index contributed by atoms with van der Waals surface area (Å²) in [4.78, 5) is 11.9. The van der Waals surface area contributed by atoms with Gasteiger partial charge >= 0.3 is 0 Å². The third kappa shape index (κ3) is 5.89. The molecule has 0 radical (unpaired) electrons. The number of thioether (sulfide) groups is 1. The smallest absolute Gasteiger partial charge is 0.230 e. The Hall–Kier alpha value is -0.710. The molecule has 2 atom stereocenters. The maximum Gasteiger partial charge on any atom is 0.230 e. The summed E-state index contributed by atoms with van der Waals surface area (Å²) in [5, 5.41) is 13.7. The molecule has 2 unspecified atom stereocenters. The van der Waals surface area contributed by atoms with Crippen molar-refractivity contribution in [3.8, 4) is 0 Å². The van der Waals surface area contributed by atoms with Gasteiger partial charge in [0.05, 0.1) is 17.9 Å². The van der Waals surface area contributed by atoms with E-state index >= 15 is 0 Å². The van der Waals surface area contributed by atoms with Crippen molar-refractivity contribution in [2.45, 2.75) is 50.0 Å². The molecule has 0 aliphatic heterocycles. The SMILES string of the molecule is O=C(CSCc1ccc(Cl)cc1)NC1CCCCCC1O. The zero-order chi connectivity index (χ0) is 15.1. The normalized spacial score (nSPS) is 22.6. The van der Waals surface area contributed by atoms with Gasteiger partial charge in [-0.1, -0.05) is 43.0 Å². The van der Waals surface area contributed by atoms with Gasteiger partial charge in [-0.05, 0) is 30.5 Å². The van der Waals surface area contributed by atoms with Crippen LogP contribution >= 0.6 is 23.4 Å². The highest BCUT2D eigenvalue weighted by Gasteiger charge is 2.22. The van der Waals surface area contributed by atoms with Crippen molar-refractivity contribution in [3.63, 3.8) is 0 Å². The van der Waals surface area contributed by atoms with Crippen molar-refractivity contribution < 1.29 is 9.90 Å². The maximum absolute atomic E-state index is 11.9. The molecule has 21 heavy (non-hydrogen) atoms. The molecule has 1 aromatic carbocycles. The molecular weight excluding hydrogens is 306 g/mol. The second-order valence-electron chi connectivity index (χ2n) is 5.50. The van der Waals surface area contributed by atoms with Crippen molar-refractivity contribution in [3.05, 3.63) is 34.9 Å². The lowest BCUT2D eigenvalue weighted by atomic mass is 10.1. The Morgan fingerprint density at radius 3 is 2.71 bits per heavy atom. The van der Waals surface area contributed by atoms with Gasteiger partial charge in [-0.25, -0.2) is 0 Å². The van der Waals surface area contributed by atoms with Gasteiger partial charge in [0.1, 0.15) is 0 Å². The summed E-state index contributed by atoms with van der Waals surface area (Å²) >= 11 is 7.42. The third-order valence-corrected chi connectivity index (χ3v) is 5.00. The molecule has 1 fully saturated rings. The monoisotopic (exact) mass is 327 g/mol. The van der Waals surface area contributed by atoms with E-state index in [4.69, 9.17) is 11.6 Å². The second kappa shape index (κ2) is 8.66. The predicted molar refractivity (Wildman–Crippen MR) is 88.6 cm³/mol. The first-order chi connectivity index (χ1) is 10.1. The number of nitrogens with one attached hydrogen (secondary N) is 1. The van der Waals surface area contributed by atoms with Crippen LogP contribution in [0.4, 0.5) is 0 Å². The molecule has 0 aromatic heterocycles. The van der Waals surface area contributed by atoms with Crippen LogP contribution in [0.3, 0.4) is 0 Å². The van der Waals surface area contributed by atoms with Crippen LogP contribution in [0.2, 0.25) is 5.02 Å². The quantitative estimate of drug-likeness (QED) is 0.815. The van der Waals surface area contributed by atoms with Crippen LogP contribution in [0.5, 0.6) is 0 Å². The van der Waals surface area contributed by atoms with Crippen LogP contribution in [0.25, 0.3) is 0 Å². The Bertz CT molecular complexity index is 452. The minimum Gasteiger partial charge on any atom is -0.391 e. The van der Waals surface area contributed by atoms with Crippen LogP contribution in [0.15, 0.2) is 24.3 Å². The largest absolute Gasteiger partial charge is 0.391 e. The molecule has 1 amide bonds. The minimum atomic E-state index is -0.391. The van der Waals surface area contributed by atoms with E-state index in [2.05, 4.69) is 5.32 Å². The fourth-order valence-electron chi connectivity index (χ4n) is 2.55. The first-order valence-corrected chi connectivity index (χ1v) is 8.98. The highest BCUT2D eigenvalue weighted by atomic mass is 35.5. The highest BCUT2D eigenvalue weighted by molar-refractivity contribution is 7.99. The van der Waals surface area contributed by atoms with Gasteiger partial charge in [0.2, 0.25) is 5.91 Å². The number of aliphatic hydroxyl groups excluding tert-OH is 1. The number of carbonyl (C=O) groups excluding carboxylic acids is 1. The Labute approximate surface area is 135 Å². The molecule has 3 nitrogen and oxygen atoms in total. The third-order valence-electron chi connectivity index (χ3n) is 3.74. The second-order valence-corrected chi connectivity index (χ2v) is 6.92. The fourth-order valence-corrected chi connectivity index (χ4v) is 3.47. The van der Waals surface area contributed by atoms with Crippen LogP contribution in [0.1, 0.15) is 37.7 Å². The molecule has 0 saturated heterocycles. The summed E-state index contributed by atoms with van der Waals surface area (Å²) in [7, 11) is 0. The molecule has 1 aromatic rings. The Balaban J connectivity index is 1.70. The lowest BCUT2D eigenvalue weighted by Gasteiger charge is -2.21. The van der Waals surface area contributed by atoms with E-state index in [1.54, 1.807) is 11.8 Å². The number of amides is 1. The number of hydrogen-bond acceptors (Lipinski definition) is 3. The number of aliphatic hydroxyl groups is 1. The van der Waals surface area contributed by atoms with Crippen LogP contribution in [0, 0.1) is 0 Å². The van der Waals surface area contributed by atoms with E-state index in [9.17, 15) is 9.90 Å². The van der Waals surface area contributed by atoms with Crippen LogP contribution in [-0.2, 0) is 10.5 Å². The van der Waals surface area contributed by atoms with E-state index in [0.717, 1.165) is 48.4 Å². The van der Waals surface area contributed by atoms with Crippen LogP contribution in [-0.4, -0.2) is 28.9 Å². The van der Waals surface area contributed by atoms with Gasteiger partial charge in [0.25, 0.3) is 0 Å². The zero-order valence-electron chi connectivity index (χ0n) is 12.1. The first kappa shape index (κ1) is 16.7.